The van der Waals surface area contributed by atoms with Crippen molar-refractivity contribution < 1.29 is 19.1 Å². The molecule has 0 saturated carbocycles. The summed E-state index contributed by atoms with van der Waals surface area (Å²) in [5.74, 6) is 0. The second kappa shape index (κ2) is 20.7. The quantitative estimate of drug-likeness (QED) is 0.318. The summed E-state index contributed by atoms with van der Waals surface area (Å²) < 4.78 is 11.0. The molecule has 8 nitrogen and oxygen atoms in total. The predicted octanol–water partition coefficient (Wildman–Crippen LogP) is 4.59. The largest absolute Gasteiger partial charge is 0.445 e. The highest BCUT2D eigenvalue weighted by molar-refractivity contribution is 5.85. The Labute approximate surface area is 227 Å². The van der Waals surface area contributed by atoms with Gasteiger partial charge in [-0.15, -0.1) is 24.8 Å². The molecule has 0 heterocycles. The van der Waals surface area contributed by atoms with Crippen molar-refractivity contribution in [3.8, 4) is 0 Å². The SMILES string of the molecule is Cl.Cl.NCCCN(CCCCN(CCCN)C(=O)OCc1ccccc1)C(=O)OCc1ccccc1. The number of nitrogens with zero attached hydrogens (tertiary/aromatic N) is 2. The summed E-state index contributed by atoms with van der Waals surface area (Å²) in [4.78, 5) is 28.5. The first kappa shape index (κ1) is 33.5. The molecule has 0 radical (unpaired) electrons. The van der Waals surface area contributed by atoms with E-state index in [1.54, 1.807) is 9.80 Å². The van der Waals surface area contributed by atoms with Crippen LogP contribution < -0.4 is 11.5 Å². The van der Waals surface area contributed by atoms with Crippen LogP contribution in [0.1, 0.15) is 36.8 Å². The van der Waals surface area contributed by atoms with Gasteiger partial charge in [0.25, 0.3) is 0 Å². The van der Waals surface area contributed by atoms with Crippen LogP contribution in [0, 0.1) is 0 Å². The lowest BCUT2D eigenvalue weighted by Gasteiger charge is -2.24. The van der Waals surface area contributed by atoms with Gasteiger partial charge >= 0.3 is 12.2 Å². The van der Waals surface area contributed by atoms with Gasteiger partial charge in [-0.3, -0.25) is 0 Å². The van der Waals surface area contributed by atoms with Crippen molar-refractivity contribution in [3.05, 3.63) is 71.8 Å². The summed E-state index contributed by atoms with van der Waals surface area (Å²) in [7, 11) is 0. The van der Waals surface area contributed by atoms with E-state index in [0.717, 1.165) is 24.0 Å². The smallest absolute Gasteiger partial charge is 0.410 e. The van der Waals surface area contributed by atoms with Gasteiger partial charge < -0.3 is 30.7 Å². The van der Waals surface area contributed by atoms with Gasteiger partial charge in [0.1, 0.15) is 13.2 Å². The zero-order chi connectivity index (χ0) is 24.4. The van der Waals surface area contributed by atoms with Crippen LogP contribution in [-0.2, 0) is 22.7 Å². The molecule has 2 aromatic carbocycles. The number of ether oxygens (including phenoxy) is 2. The topological polar surface area (TPSA) is 111 Å². The van der Waals surface area contributed by atoms with E-state index >= 15 is 0 Å². The first-order valence-corrected chi connectivity index (χ1v) is 12.0. The van der Waals surface area contributed by atoms with Crippen LogP contribution in [0.15, 0.2) is 60.7 Å². The number of nitrogens with two attached hydrogens (primary N) is 2. The van der Waals surface area contributed by atoms with E-state index < -0.39 is 0 Å². The van der Waals surface area contributed by atoms with E-state index in [4.69, 9.17) is 20.9 Å². The molecule has 0 aliphatic heterocycles. The van der Waals surface area contributed by atoms with Gasteiger partial charge in [-0.1, -0.05) is 60.7 Å². The molecule has 2 rings (SSSR count). The van der Waals surface area contributed by atoms with E-state index in [9.17, 15) is 9.59 Å². The average Bonchev–Trinajstić information content (AvgIpc) is 2.88. The van der Waals surface area contributed by atoms with Crippen LogP contribution in [-0.4, -0.2) is 61.3 Å². The van der Waals surface area contributed by atoms with Crippen molar-refractivity contribution >= 4 is 37.0 Å². The predicted molar refractivity (Wildman–Crippen MR) is 147 cm³/mol. The second-order valence-electron chi connectivity index (χ2n) is 8.05. The molecule has 36 heavy (non-hydrogen) atoms. The van der Waals surface area contributed by atoms with Crippen LogP contribution in [0.2, 0.25) is 0 Å². The van der Waals surface area contributed by atoms with Crippen molar-refractivity contribution in [2.24, 2.45) is 11.5 Å². The Balaban J connectivity index is 0.00000612. The minimum absolute atomic E-state index is 0. The molecule has 0 spiro atoms. The van der Waals surface area contributed by atoms with Gasteiger partial charge in [0.2, 0.25) is 0 Å². The lowest BCUT2D eigenvalue weighted by atomic mass is 10.2. The maximum Gasteiger partial charge on any atom is 0.410 e. The lowest BCUT2D eigenvalue weighted by molar-refractivity contribution is 0.0898. The summed E-state index contributed by atoms with van der Waals surface area (Å²) in [5, 5.41) is 0. The molecule has 10 heteroatoms. The third-order valence-electron chi connectivity index (χ3n) is 5.30. The summed E-state index contributed by atoms with van der Waals surface area (Å²) in [6, 6.07) is 19.2. The van der Waals surface area contributed by atoms with Gasteiger partial charge in [-0.25, -0.2) is 9.59 Å². The molecule has 0 fully saturated rings. The lowest BCUT2D eigenvalue weighted by Crippen LogP contribution is -2.36. The molecule has 0 unspecified atom stereocenters. The average molecular weight is 544 g/mol. The van der Waals surface area contributed by atoms with E-state index in [1.165, 1.54) is 0 Å². The van der Waals surface area contributed by atoms with Crippen molar-refractivity contribution in [1.82, 2.24) is 9.80 Å². The number of carbonyl (C=O) groups excluding carboxylic acids is 2. The Kier molecular flexibility index (Phi) is 19.2. The van der Waals surface area contributed by atoms with E-state index in [0.29, 0.717) is 52.1 Å². The Morgan fingerprint density at radius 2 is 0.917 bits per heavy atom. The minimum Gasteiger partial charge on any atom is -0.445 e. The fourth-order valence-electron chi connectivity index (χ4n) is 3.38. The Hall–Kier alpha value is -2.52. The molecule has 0 aliphatic carbocycles. The van der Waals surface area contributed by atoms with Crippen molar-refractivity contribution in [2.45, 2.75) is 38.9 Å². The van der Waals surface area contributed by atoms with Crippen molar-refractivity contribution in [1.29, 1.82) is 0 Å². The van der Waals surface area contributed by atoms with E-state index in [1.807, 2.05) is 60.7 Å². The molecule has 0 aliphatic rings. The van der Waals surface area contributed by atoms with Crippen molar-refractivity contribution in [2.75, 3.05) is 39.3 Å². The highest BCUT2D eigenvalue weighted by Crippen LogP contribution is 2.08. The van der Waals surface area contributed by atoms with Gasteiger partial charge in [0.05, 0.1) is 0 Å². The van der Waals surface area contributed by atoms with E-state index in [-0.39, 0.29) is 50.2 Å². The Bertz CT molecular complexity index is 762. The summed E-state index contributed by atoms with van der Waals surface area (Å²) in [5.41, 5.74) is 13.2. The second-order valence-corrected chi connectivity index (χ2v) is 8.05. The van der Waals surface area contributed by atoms with Crippen LogP contribution in [0.5, 0.6) is 0 Å². The highest BCUT2D eigenvalue weighted by atomic mass is 35.5. The zero-order valence-corrected chi connectivity index (χ0v) is 22.4. The fraction of sp³-hybridized carbons (Fsp3) is 0.462. The van der Waals surface area contributed by atoms with Crippen molar-refractivity contribution in [3.63, 3.8) is 0 Å². The molecule has 0 aromatic heterocycles. The first-order chi connectivity index (χ1) is 16.6. The molecule has 4 N–H and O–H groups in total. The van der Waals surface area contributed by atoms with Gasteiger partial charge in [0.15, 0.2) is 0 Å². The maximum atomic E-state index is 12.6. The number of hydrogen-bond donors (Lipinski definition) is 2. The molecular weight excluding hydrogens is 503 g/mol. The molecule has 2 amide bonds. The van der Waals surface area contributed by atoms with Gasteiger partial charge in [0, 0.05) is 26.2 Å². The number of carbonyl (C=O) groups is 2. The number of rotatable bonds is 15. The maximum absolute atomic E-state index is 12.6. The molecule has 0 bridgehead atoms. The van der Waals surface area contributed by atoms with Crippen LogP contribution >= 0.6 is 24.8 Å². The van der Waals surface area contributed by atoms with Crippen LogP contribution in [0.4, 0.5) is 9.59 Å². The zero-order valence-electron chi connectivity index (χ0n) is 20.8. The molecule has 2 aromatic rings. The number of halogens is 2. The molecule has 0 saturated heterocycles. The number of amides is 2. The normalized spacial score (nSPS) is 9.94. The molecule has 202 valence electrons. The van der Waals surface area contributed by atoms with Gasteiger partial charge in [-0.2, -0.15) is 0 Å². The van der Waals surface area contributed by atoms with Crippen LogP contribution in [0.25, 0.3) is 0 Å². The fourth-order valence-corrected chi connectivity index (χ4v) is 3.38. The van der Waals surface area contributed by atoms with Crippen LogP contribution in [0.3, 0.4) is 0 Å². The Morgan fingerprint density at radius 1 is 0.583 bits per heavy atom. The first-order valence-electron chi connectivity index (χ1n) is 12.0. The number of unbranched alkanes of at least 4 members (excludes halogenated alkanes) is 1. The van der Waals surface area contributed by atoms with E-state index in [2.05, 4.69) is 0 Å². The highest BCUT2D eigenvalue weighted by Gasteiger charge is 2.17. The number of hydrogen-bond acceptors (Lipinski definition) is 6. The minimum atomic E-state index is -0.348. The monoisotopic (exact) mass is 542 g/mol. The summed E-state index contributed by atoms with van der Waals surface area (Å²) >= 11 is 0. The molecule has 0 atom stereocenters. The summed E-state index contributed by atoms with van der Waals surface area (Å²) in [6.07, 6.45) is 2.18. The third-order valence-corrected chi connectivity index (χ3v) is 5.30. The third kappa shape index (κ3) is 13.5. The number of benzene rings is 2. The standard InChI is InChI=1S/C26H38N4O4.2ClH/c27-15-9-19-29(25(31)33-21-23-11-3-1-4-12-23)17-7-8-18-30(20-10-16-28)26(32)34-22-24-13-5-2-6-14-24;;/h1-6,11-14H,7-10,15-22,27-28H2;2*1H. The molecular formula is C26H40Cl2N4O4. The Morgan fingerprint density at radius 3 is 1.25 bits per heavy atom. The summed E-state index contributed by atoms with van der Waals surface area (Å²) in [6.45, 7) is 3.64. The van der Waals surface area contributed by atoms with Gasteiger partial charge in [-0.05, 0) is 49.9 Å².